The highest BCUT2D eigenvalue weighted by Gasteiger charge is 2.18. The second-order valence-corrected chi connectivity index (χ2v) is 5.57. The fourth-order valence-electron chi connectivity index (χ4n) is 2.66. The number of nitrogens with zero attached hydrogens (tertiary/aromatic N) is 1. The Morgan fingerprint density at radius 2 is 1.80 bits per heavy atom. The Morgan fingerprint density at radius 1 is 1.15 bits per heavy atom. The average molecular weight is 286 g/mol. The smallest absolute Gasteiger partial charge is 0.124 e. The number of fused-ring (bicyclic) bond motifs is 1. The number of benzene rings is 2. The van der Waals surface area contributed by atoms with Crippen molar-refractivity contribution in [2.75, 3.05) is 0 Å². The van der Waals surface area contributed by atoms with Crippen LogP contribution in [-0.2, 0) is 19.6 Å². The number of hydrogen-bond acceptors (Lipinski definition) is 2. The Balaban J connectivity index is 1.78. The third-order valence-electron chi connectivity index (χ3n) is 3.55. The van der Waals surface area contributed by atoms with Crippen molar-refractivity contribution < 1.29 is 4.39 Å². The summed E-state index contributed by atoms with van der Waals surface area (Å²) < 4.78 is 13.6. The minimum atomic E-state index is -0.290. The zero-order valence-corrected chi connectivity index (χ0v) is 11.8. The lowest BCUT2D eigenvalue weighted by Gasteiger charge is -2.15. The molecule has 0 radical (unpaired) electrons. The molecule has 0 bridgehead atoms. The van der Waals surface area contributed by atoms with E-state index in [9.17, 15) is 4.39 Å². The van der Waals surface area contributed by atoms with Crippen molar-refractivity contribution in [2.24, 2.45) is 5.73 Å². The summed E-state index contributed by atoms with van der Waals surface area (Å²) in [5, 5.41) is 0. The summed E-state index contributed by atoms with van der Waals surface area (Å²) >= 11 is 4.92. The molecule has 1 aliphatic rings. The first kappa shape index (κ1) is 13.2. The number of thiocarbonyl (C=S) groups is 1. The van der Waals surface area contributed by atoms with Gasteiger partial charge >= 0.3 is 0 Å². The van der Waals surface area contributed by atoms with Crippen LogP contribution in [0.3, 0.4) is 0 Å². The monoisotopic (exact) mass is 286 g/mol. The molecular formula is C16H15FN2S. The molecule has 2 nitrogen and oxygen atoms in total. The second-order valence-electron chi connectivity index (χ2n) is 5.13. The van der Waals surface area contributed by atoms with Crippen LogP contribution in [0.2, 0.25) is 0 Å². The van der Waals surface area contributed by atoms with E-state index < -0.39 is 0 Å². The predicted molar refractivity (Wildman–Crippen MR) is 81.7 cm³/mol. The molecular weight excluding hydrogens is 271 g/mol. The molecule has 4 heteroatoms. The van der Waals surface area contributed by atoms with Crippen molar-refractivity contribution >= 4 is 17.2 Å². The van der Waals surface area contributed by atoms with Crippen LogP contribution in [0.5, 0.6) is 0 Å². The van der Waals surface area contributed by atoms with Gasteiger partial charge in [-0.1, -0.05) is 36.5 Å². The summed E-state index contributed by atoms with van der Waals surface area (Å²) in [6, 6.07) is 13.2. The molecule has 1 aliphatic heterocycles. The molecule has 0 spiro atoms. The van der Waals surface area contributed by atoms with Gasteiger partial charge in [-0.25, -0.2) is 4.39 Å². The first-order valence-electron chi connectivity index (χ1n) is 6.50. The number of rotatable bonds is 3. The second kappa shape index (κ2) is 5.31. The molecule has 0 fully saturated rings. The van der Waals surface area contributed by atoms with Gasteiger partial charge in [0.2, 0.25) is 0 Å². The van der Waals surface area contributed by atoms with Crippen LogP contribution in [0, 0.1) is 5.82 Å². The van der Waals surface area contributed by atoms with Crippen molar-refractivity contribution in [3.63, 3.8) is 0 Å². The molecule has 0 unspecified atom stereocenters. The van der Waals surface area contributed by atoms with E-state index in [1.807, 2.05) is 6.07 Å². The summed E-state index contributed by atoms with van der Waals surface area (Å²) in [6.45, 7) is 2.49. The normalized spacial score (nSPS) is 14.2. The van der Waals surface area contributed by atoms with Crippen LogP contribution < -0.4 is 5.73 Å². The topological polar surface area (TPSA) is 29.3 Å². The average Bonchev–Trinajstić information content (AvgIpc) is 2.79. The Labute approximate surface area is 123 Å². The SMILES string of the molecule is NC(=S)c1cc(F)cc(CN2Cc3ccccc3C2)c1. The Kier molecular flexibility index (Phi) is 3.51. The highest BCUT2D eigenvalue weighted by molar-refractivity contribution is 7.80. The zero-order chi connectivity index (χ0) is 14.1. The molecule has 20 heavy (non-hydrogen) atoms. The zero-order valence-electron chi connectivity index (χ0n) is 11.0. The first-order valence-corrected chi connectivity index (χ1v) is 6.91. The Morgan fingerprint density at radius 3 is 2.40 bits per heavy atom. The summed E-state index contributed by atoms with van der Waals surface area (Å²) in [5.41, 5.74) is 9.76. The quantitative estimate of drug-likeness (QED) is 0.880. The predicted octanol–water partition coefficient (Wildman–Crippen LogP) is 2.98. The molecule has 0 aliphatic carbocycles. The van der Waals surface area contributed by atoms with Gasteiger partial charge < -0.3 is 5.73 Å². The fraction of sp³-hybridized carbons (Fsp3) is 0.188. The van der Waals surface area contributed by atoms with E-state index in [0.29, 0.717) is 12.1 Å². The molecule has 0 amide bonds. The third-order valence-corrected chi connectivity index (χ3v) is 3.79. The van der Waals surface area contributed by atoms with E-state index >= 15 is 0 Å². The maximum atomic E-state index is 13.6. The van der Waals surface area contributed by atoms with Crippen molar-refractivity contribution in [2.45, 2.75) is 19.6 Å². The fourth-order valence-corrected chi connectivity index (χ4v) is 2.78. The summed E-state index contributed by atoms with van der Waals surface area (Å²) in [7, 11) is 0. The van der Waals surface area contributed by atoms with Crippen LogP contribution in [-0.4, -0.2) is 9.89 Å². The van der Waals surface area contributed by atoms with Crippen molar-refractivity contribution in [1.29, 1.82) is 0 Å². The maximum Gasteiger partial charge on any atom is 0.124 e. The van der Waals surface area contributed by atoms with Gasteiger partial charge in [-0.3, -0.25) is 4.90 Å². The van der Waals surface area contributed by atoms with Gasteiger partial charge in [0, 0.05) is 25.2 Å². The molecule has 2 N–H and O–H groups in total. The summed E-state index contributed by atoms with van der Waals surface area (Å²) in [6.07, 6.45) is 0. The molecule has 0 aromatic heterocycles. The van der Waals surface area contributed by atoms with Gasteiger partial charge in [0.1, 0.15) is 10.8 Å². The van der Waals surface area contributed by atoms with E-state index in [2.05, 4.69) is 29.2 Å². The van der Waals surface area contributed by atoms with Crippen molar-refractivity contribution in [1.82, 2.24) is 4.90 Å². The molecule has 1 heterocycles. The molecule has 0 atom stereocenters. The standard InChI is InChI=1S/C16H15FN2S/c17-15-6-11(5-14(7-15)16(18)20)8-19-9-12-3-1-2-4-13(12)10-19/h1-7H,8-10H2,(H2,18,20). The van der Waals surface area contributed by atoms with Gasteiger partial charge in [0.25, 0.3) is 0 Å². The van der Waals surface area contributed by atoms with Gasteiger partial charge in [0.05, 0.1) is 0 Å². The van der Waals surface area contributed by atoms with Crippen LogP contribution >= 0.6 is 12.2 Å². The molecule has 0 saturated heterocycles. The van der Waals surface area contributed by atoms with Gasteiger partial charge in [-0.15, -0.1) is 0 Å². The minimum absolute atomic E-state index is 0.232. The summed E-state index contributed by atoms with van der Waals surface area (Å²) in [4.78, 5) is 2.51. The van der Waals surface area contributed by atoms with Crippen LogP contribution in [0.1, 0.15) is 22.3 Å². The van der Waals surface area contributed by atoms with Gasteiger partial charge in [-0.05, 0) is 34.9 Å². The minimum Gasteiger partial charge on any atom is -0.389 e. The molecule has 3 rings (SSSR count). The van der Waals surface area contributed by atoms with Crippen LogP contribution in [0.15, 0.2) is 42.5 Å². The van der Waals surface area contributed by atoms with E-state index in [-0.39, 0.29) is 10.8 Å². The number of nitrogens with two attached hydrogens (primary N) is 1. The van der Waals surface area contributed by atoms with E-state index in [0.717, 1.165) is 18.7 Å². The van der Waals surface area contributed by atoms with Gasteiger partial charge in [0.15, 0.2) is 0 Å². The highest BCUT2D eigenvalue weighted by Crippen LogP contribution is 2.24. The first-order chi connectivity index (χ1) is 9.61. The molecule has 2 aromatic carbocycles. The largest absolute Gasteiger partial charge is 0.389 e. The van der Waals surface area contributed by atoms with E-state index in [1.165, 1.54) is 17.2 Å². The van der Waals surface area contributed by atoms with E-state index in [1.54, 1.807) is 6.07 Å². The lowest BCUT2D eigenvalue weighted by molar-refractivity contribution is 0.275. The van der Waals surface area contributed by atoms with Gasteiger partial charge in [-0.2, -0.15) is 0 Å². The van der Waals surface area contributed by atoms with Crippen LogP contribution in [0.25, 0.3) is 0 Å². The van der Waals surface area contributed by atoms with Crippen LogP contribution in [0.4, 0.5) is 4.39 Å². The Hall–Kier alpha value is -1.78. The number of hydrogen-bond donors (Lipinski definition) is 1. The molecule has 2 aromatic rings. The van der Waals surface area contributed by atoms with Crippen molar-refractivity contribution in [3.8, 4) is 0 Å². The van der Waals surface area contributed by atoms with E-state index in [4.69, 9.17) is 18.0 Å². The molecule has 102 valence electrons. The lowest BCUT2D eigenvalue weighted by Crippen LogP contribution is -2.17. The molecule has 0 saturated carbocycles. The number of halogens is 1. The highest BCUT2D eigenvalue weighted by atomic mass is 32.1. The Bertz CT molecular complexity index is 644. The third kappa shape index (κ3) is 2.71. The maximum absolute atomic E-state index is 13.6. The lowest BCUT2D eigenvalue weighted by atomic mass is 10.1. The van der Waals surface area contributed by atoms with Crippen molar-refractivity contribution in [3.05, 3.63) is 70.5 Å². The summed E-state index contributed by atoms with van der Waals surface area (Å²) in [5.74, 6) is -0.290.